The van der Waals surface area contributed by atoms with Crippen LogP contribution in [0.4, 0.5) is 0 Å². The summed E-state index contributed by atoms with van der Waals surface area (Å²) in [5, 5.41) is 3.72. The van der Waals surface area contributed by atoms with Crippen LogP contribution in [0.3, 0.4) is 0 Å². The van der Waals surface area contributed by atoms with Gasteiger partial charge in [0.2, 0.25) is 0 Å². The van der Waals surface area contributed by atoms with Crippen molar-refractivity contribution in [2.24, 2.45) is 11.3 Å². The van der Waals surface area contributed by atoms with Crippen molar-refractivity contribution in [3.8, 4) is 0 Å². The molecule has 2 spiro atoms. The highest BCUT2D eigenvalue weighted by molar-refractivity contribution is 5.03. The molecule has 2 aliphatic carbocycles. The average Bonchev–Trinajstić information content (AvgIpc) is 3.23. The Hall–Kier alpha value is -0.120. The number of nitrogens with one attached hydrogen (secondary N) is 1. The van der Waals surface area contributed by atoms with Crippen molar-refractivity contribution in [3.63, 3.8) is 0 Å². The molecule has 2 saturated heterocycles. The first kappa shape index (κ1) is 11.7. The highest BCUT2D eigenvalue weighted by Crippen LogP contribution is 2.53. The zero-order valence-corrected chi connectivity index (χ0v) is 11.6. The summed E-state index contributed by atoms with van der Waals surface area (Å²) in [6.07, 6.45) is 6.98. The molecule has 2 atom stereocenters. The van der Waals surface area contributed by atoms with E-state index < -0.39 is 0 Å². The lowest BCUT2D eigenvalue weighted by molar-refractivity contribution is -0.0260. The minimum Gasteiger partial charge on any atom is -0.372 e. The fourth-order valence-corrected chi connectivity index (χ4v) is 4.13. The Morgan fingerprint density at radius 3 is 2.72 bits per heavy atom. The molecule has 2 aliphatic heterocycles. The van der Waals surface area contributed by atoms with E-state index in [1.54, 1.807) is 0 Å². The SMILES string of the molecule is CC1CN(CC2COC3(CC3)CN2)CC2(CC2)C1. The Bertz CT molecular complexity index is 325. The second-order valence-electron chi connectivity index (χ2n) is 7.58. The molecule has 0 radical (unpaired) electrons. The second kappa shape index (κ2) is 3.94. The molecule has 1 N–H and O–H groups in total. The van der Waals surface area contributed by atoms with Gasteiger partial charge in [-0.05, 0) is 43.4 Å². The number of nitrogens with zero attached hydrogens (tertiary/aromatic N) is 1. The van der Waals surface area contributed by atoms with Gasteiger partial charge in [0.15, 0.2) is 0 Å². The van der Waals surface area contributed by atoms with Gasteiger partial charge in [0.1, 0.15) is 0 Å². The lowest BCUT2D eigenvalue weighted by Crippen LogP contribution is -2.54. The third-order valence-corrected chi connectivity index (χ3v) is 5.46. The third kappa shape index (κ3) is 2.21. The van der Waals surface area contributed by atoms with Crippen molar-refractivity contribution < 1.29 is 4.74 Å². The largest absolute Gasteiger partial charge is 0.372 e. The van der Waals surface area contributed by atoms with E-state index in [0.717, 1.165) is 24.5 Å². The number of hydrogen-bond acceptors (Lipinski definition) is 3. The molecule has 3 nitrogen and oxygen atoms in total. The summed E-state index contributed by atoms with van der Waals surface area (Å²) in [6.45, 7) is 8.29. The predicted molar refractivity (Wildman–Crippen MR) is 71.6 cm³/mol. The summed E-state index contributed by atoms with van der Waals surface area (Å²) in [5.74, 6) is 0.889. The Labute approximate surface area is 110 Å². The number of ether oxygens (including phenoxy) is 1. The van der Waals surface area contributed by atoms with E-state index in [9.17, 15) is 0 Å². The molecule has 0 bridgehead atoms. The van der Waals surface area contributed by atoms with E-state index in [2.05, 4.69) is 17.1 Å². The van der Waals surface area contributed by atoms with Gasteiger partial charge in [-0.3, -0.25) is 0 Å². The van der Waals surface area contributed by atoms with Crippen LogP contribution in [0.15, 0.2) is 0 Å². The van der Waals surface area contributed by atoms with E-state index in [0.29, 0.717) is 6.04 Å². The number of hydrogen-bond donors (Lipinski definition) is 1. The van der Waals surface area contributed by atoms with Crippen molar-refractivity contribution in [2.45, 2.75) is 50.7 Å². The van der Waals surface area contributed by atoms with Crippen molar-refractivity contribution in [3.05, 3.63) is 0 Å². The molecule has 4 rings (SSSR count). The molecule has 3 heteroatoms. The highest BCUT2D eigenvalue weighted by atomic mass is 16.5. The summed E-state index contributed by atoms with van der Waals surface area (Å²) in [6, 6.07) is 0.567. The maximum Gasteiger partial charge on any atom is 0.0809 e. The first-order valence-corrected chi connectivity index (χ1v) is 7.77. The summed E-state index contributed by atoms with van der Waals surface area (Å²) >= 11 is 0. The number of rotatable bonds is 2. The Kier molecular flexibility index (Phi) is 2.56. The van der Waals surface area contributed by atoms with Gasteiger partial charge in [0.25, 0.3) is 0 Å². The maximum atomic E-state index is 6.04. The second-order valence-corrected chi connectivity index (χ2v) is 7.58. The summed E-state index contributed by atoms with van der Waals surface area (Å²) in [5.41, 5.74) is 0.994. The highest BCUT2D eigenvalue weighted by Gasteiger charge is 2.49. The van der Waals surface area contributed by atoms with Crippen LogP contribution in [0.25, 0.3) is 0 Å². The smallest absolute Gasteiger partial charge is 0.0809 e. The first-order chi connectivity index (χ1) is 8.67. The van der Waals surface area contributed by atoms with Gasteiger partial charge >= 0.3 is 0 Å². The third-order valence-electron chi connectivity index (χ3n) is 5.46. The van der Waals surface area contributed by atoms with Crippen LogP contribution in [-0.4, -0.2) is 49.3 Å². The van der Waals surface area contributed by atoms with E-state index in [-0.39, 0.29) is 5.60 Å². The molecular weight excluding hydrogens is 224 g/mol. The number of morpholine rings is 1. The number of piperidine rings is 1. The van der Waals surface area contributed by atoms with E-state index in [4.69, 9.17) is 4.74 Å². The van der Waals surface area contributed by atoms with Crippen molar-refractivity contribution in [2.75, 3.05) is 32.8 Å². The van der Waals surface area contributed by atoms with Crippen LogP contribution < -0.4 is 5.32 Å². The summed E-state index contributed by atoms with van der Waals surface area (Å²) in [7, 11) is 0. The standard InChI is InChI=1S/C15H26N2O/c1-12-6-14(2-3-14)11-17(7-12)8-13-9-18-15(4-5-15)10-16-13/h12-13,16H,2-11H2,1H3. The Morgan fingerprint density at radius 1 is 1.28 bits per heavy atom. The fraction of sp³-hybridized carbons (Fsp3) is 1.00. The molecule has 0 amide bonds. The molecule has 4 aliphatic rings. The van der Waals surface area contributed by atoms with Gasteiger partial charge in [-0.15, -0.1) is 0 Å². The van der Waals surface area contributed by atoms with Crippen molar-refractivity contribution >= 4 is 0 Å². The molecule has 4 fully saturated rings. The van der Waals surface area contributed by atoms with Crippen molar-refractivity contribution in [1.29, 1.82) is 0 Å². The molecule has 2 saturated carbocycles. The van der Waals surface area contributed by atoms with Gasteiger partial charge in [-0.1, -0.05) is 6.92 Å². The Morgan fingerprint density at radius 2 is 2.11 bits per heavy atom. The lowest BCUT2D eigenvalue weighted by atomic mass is 9.87. The Balaban J connectivity index is 1.31. The fourth-order valence-electron chi connectivity index (χ4n) is 4.13. The quantitative estimate of drug-likeness (QED) is 0.806. The number of likely N-dealkylation sites (tertiary alicyclic amines) is 1. The lowest BCUT2D eigenvalue weighted by Gasteiger charge is -2.40. The molecular formula is C15H26N2O. The van der Waals surface area contributed by atoms with Crippen LogP contribution in [0.5, 0.6) is 0 Å². The minimum absolute atomic E-state index is 0.267. The van der Waals surface area contributed by atoms with E-state index in [1.807, 2.05) is 0 Å². The summed E-state index contributed by atoms with van der Waals surface area (Å²) in [4.78, 5) is 2.70. The van der Waals surface area contributed by atoms with Gasteiger partial charge in [0.05, 0.1) is 12.2 Å². The van der Waals surface area contributed by atoms with Gasteiger partial charge in [-0.25, -0.2) is 0 Å². The van der Waals surface area contributed by atoms with Crippen LogP contribution in [-0.2, 0) is 4.74 Å². The van der Waals surface area contributed by atoms with Crippen LogP contribution in [0.2, 0.25) is 0 Å². The van der Waals surface area contributed by atoms with Crippen LogP contribution in [0, 0.1) is 11.3 Å². The maximum absolute atomic E-state index is 6.04. The normalized spacial score (nSPS) is 41.2. The monoisotopic (exact) mass is 250 g/mol. The van der Waals surface area contributed by atoms with E-state index in [1.165, 1.54) is 51.7 Å². The van der Waals surface area contributed by atoms with Crippen LogP contribution >= 0.6 is 0 Å². The first-order valence-electron chi connectivity index (χ1n) is 7.77. The molecule has 18 heavy (non-hydrogen) atoms. The average molecular weight is 250 g/mol. The van der Waals surface area contributed by atoms with Gasteiger partial charge in [-0.2, -0.15) is 0 Å². The molecule has 102 valence electrons. The zero-order chi connectivity index (χ0) is 12.2. The van der Waals surface area contributed by atoms with Gasteiger partial charge in [0, 0.05) is 32.2 Å². The molecule has 0 aromatic rings. The molecule has 2 heterocycles. The topological polar surface area (TPSA) is 24.5 Å². The van der Waals surface area contributed by atoms with E-state index >= 15 is 0 Å². The zero-order valence-electron chi connectivity index (χ0n) is 11.6. The summed E-state index contributed by atoms with van der Waals surface area (Å²) < 4.78 is 6.04. The van der Waals surface area contributed by atoms with Crippen LogP contribution in [0.1, 0.15) is 39.0 Å². The van der Waals surface area contributed by atoms with Gasteiger partial charge < -0.3 is 15.0 Å². The molecule has 2 unspecified atom stereocenters. The minimum atomic E-state index is 0.267. The molecule has 0 aromatic heterocycles. The van der Waals surface area contributed by atoms with Crippen molar-refractivity contribution in [1.82, 2.24) is 10.2 Å². The predicted octanol–water partition coefficient (Wildman–Crippen LogP) is 1.63. The molecule has 0 aromatic carbocycles.